The van der Waals surface area contributed by atoms with Crippen molar-refractivity contribution in [2.24, 2.45) is 0 Å². The summed E-state index contributed by atoms with van der Waals surface area (Å²) in [7, 11) is 0. The molecule has 9 heteroatoms. The molecule has 0 saturated heterocycles. The van der Waals surface area contributed by atoms with Crippen molar-refractivity contribution in [1.29, 1.82) is 0 Å². The fourth-order valence-corrected chi connectivity index (χ4v) is 1.99. The van der Waals surface area contributed by atoms with Gasteiger partial charge in [0.15, 0.2) is 5.69 Å². The van der Waals surface area contributed by atoms with Gasteiger partial charge < -0.3 is 10.4 Å². The average Bonchev–Trinajstić information content (AvgIpc) is 2.99. The molecule has 19 heavy (non-hydrogen) atoms. The maximum absolute atomic E-state index is 11.7. The molecule has 0 unspecified atom stereocenters. The average molecular weight is 281 g/mol. The zero-order valence-corrected chi connectivity index (χ0v) is 10.6. The van der Waals surface area contributed by atoms with Crippen molar-refractivity contribution in [2.45, 2.75) is 13.0 Å². The number of aliphatic carboxylic acids is 1. The lowest BCUT2D eigenvalue weighted by Gasteiger charge is -2.00. The second-order valence-corrected chi connectivity index (χ2v) is 4.61. The number of hydrogen-bond acceptors (Lipinski definition) is 6. The number of thiazole rings is 1. The monoisotopic (exact) mass is 281 g/mol. The van der Waals surface area contributed by atoms with Crippen LogP contribution in [-0.4, -0.2) is 43.5 Å². The van der Waals surface area contributed by atoms with Crippen LogP contribution in [0.15, 0.2) is 17.8 Å². The van der Waals surface area contributed by atoms with Crippen molar-refractivity contribution >= 4 is 23.2 Å². The fourth-order valence-electron chi connectivity index (χ4n) is 1.37. The van der Waals surface area contributed by atoms with Gasteiger partial charge in [0.2, 0.25) is 0 Å². The molecule has 2 heterocycles. The lowest BCUT2D eigenvalue weighted by Crippen LogP contribution is -2.26. The van der Waals surface area contributed by atoms with E-state index in [2.05, 4.69) is 20.6 Å². The quantitative estimate of drug-likeness (QED) is 0.758. The third-order valence-electron chi connectivity index (χ3n) is 2.18. The highest BCUT2D eigenvalue weighted by Crippen LogP contribution is 2.03. The van der Waals surface area contributed by atoms with E-state index >= 15 is 0 Å². The first-order valence-electron chi connectivity index (χ1n) is 5.43. The zero-order valence-electron chi connectivity index (χ0n) is 9.81. The second kappa shape index (κ2) is 6.05. The number of carboxylic acids is 1. The topological polar surface area (TPSA) is 110 Å². The fraction of sp³-hybridized carbons (Fsp3) is 0.300. The summed E-state index contributed by atoms with van der Waals surface area (Å²) in [6, 6.07) is 0. The lowest BCUT2D eigenvalue weighted by atomic mass is 10.4. The van der Waals surface area contributed by atoms with Crippen LogP contribution in [0.5, 0.6) is 0 Å². The molecule has 0 radical (unpaired) electrons. The van der Waals surface area contributed by atoms with Gasteiger partial charge in [-0.05, 0) is 0 Å². The molecule has 2 aromatic rings. The third kappa shape index (κ3) is 3.85. The van der Waals surface area contributed by atoms with Gasteiger partial charge in [-0.2, -0.15) is 0 Å². The van der Waals surface area contributed by atoms with Gasteiger partial charge in [0.1, 0.15) is 6.54 Å². The number of rotatable bonds is 6. The molecular weight excluding hydrogens is 270 g/mol. The molecule has 0 aliphatic heterocycles. The Kier molecular flexibility index (Phi) is 4.18. The predicted octanol–water partition coefficient (Wildman–Crippen LogP) is -0.208. The van der Waals surface area contributed by atoms with Gasteiger partial charge in [-0.25, -0.2) is 9.67 Å². The van der Waals surface area contributed by atoms with E-state index in [9.17, 15) is 9.59 Å². The summed E-state index contributed by atoms with van der Waals surface area (Å²) in [6.07, 6.45) is 3.65. The maximum Gasteiger partial charge on any atom is 0.325 e. The van der Waals surface area contributed by atoms with Crippen LogP contribution in [0.2, 0.25) is 0 Å². The molecule has 0 spiro atoms. The van der Waals surface area contributed by atoms with E-state index in [1.165, 1.54) is 17.5 Å². The van der Waals surface area contributed by atoms with Crippen LogP contribution in [0.1, 0.15) is 15.5 Å². The van der Waals surface area contributed by atoms with Crippen molar-refractivity contribution in [3.8, 4) is 0 Å². The normalized spacial score (nSPS) is 10.3. The molecule has 0 bridgehead atoms. The third-order valence-corrected chi connectivity index (χ3v) is 3.02. The van der Waals surface area contributed by atoms with E-state index in [0.29, 0.717) is 13.0 Å². The van der Waals surface area contributed by atoms with Crippen molar-refractivity contribution in [1.82, 2.24) is 25.3 Å². The number of nitrogens with zero attached hydrogens (tertiary/aromatic N) is 4. The highest BCUT2D eigenvalue weighted by Gasteiger charge is 2.11. The first kappa shape index (κ1) is 13.1. The first-order valence-corrected chi connectivity index (χ1v) is 6.31. The first-order chi connectivity index (χ1) is 9.15. The number of hydrogen-bond donors (Lipinski definition) is 2. The largest absolute Gasteiger partial charge is 0.480 e. The number of carboxylic acid groups (broad SMARTS) is 1. The summed E-state index contributed by atoms with van der Waals surface area (Å²) >= 11 is 1.52. The van der Waals surface area contributed by atoms with Crippen molar-refractivity contribution in [2.75, 3.05) is 6.54 Å². The Balaban J connectivity index is 1.82. The number of carbonyl (C=O) groups excluding carboxylic acids is 1. The van der Waals surface area contributed by atoms with Gasteiger partial charge in [-0.15, -0.1) is 16.4 Å². The minimum absolute atomic E-state index is 0.0976. The minimum atomic E-state index is -1.04. The minimum Gasteiger partial charge on any atom is -0.480 e. The summed E-state index contributed by atoms with van der Waals surface area (Å²) < 4.78 is 1.10. The molecule has 0 fully saturated rings. The number of nitrogens with one attached hydrogen (secondary N) is 1. The Morgan fingerprint density at radius 2 is 2.32 bits per heavy atom. The van der Waals surface area contributed by atoms with Crippen LogP contribution in [-0.2, 0) is 17.8 Å². The Labute approximate surface area is 112 Å². The molecule has 0 aliphatic rings. The summed E-state index contributed by atoms with van der Waals surface area (Å²) in [5.74, 6) is -1.42. The Morgan fingerprint density at radius 3 is 3.00 bits per heavy atom. The SMILES string of the molecule is O=C(O)Cn1cc(C(=O)NCCc2nccs2)nn1. The van der Waals surface area contributed by atoms with Crippen LogP contribution >= 0.6 is 11.3 Å². The van der Waals surface area contributed by atoms with Gasteiger partial charge in [-0.3, -0.25) is 9.59 Å². The maximum atomic E-state index is 11.7. The standard InChI is InChI=1S/C10H11N5O3S/c16-9(17)6-15-5-7(13-14-15)10(18)12-2-1-8-11-3-4-19-8/h3-5H,1-2,6H2,(H,12,18)(H,16,17). The van der Waals surface area contributed by atoms with E-state index in [1.54, 1.807) is 6.20 Å². The van der Waals surface area contributed by atoms with Crippen molar-refractivity contribution in [3.63, 3.8) is 0 Å². The van der Waals surface area contributed by atoms with E-state index in [4.69, 9.17) is 5.11 Å². The molecule has 0 saturated carbocycles. The van der Waals surface area contributed by atoms with Gasteiger partial charge in [0.25, 0.3) is 5.91 Å². The van der Waals surface area contributed by atoms with Gasteiger partial charge in [0.05, 0.1) is 11.2 Å². The highest BCUT2D eigenvalue weighted by atomic mass is 32.1. The van der Waals surface area contributed by atoms with Crippen LogP contribution in [0.4, 0.5) is 0 Å². The van der Waals surface area contributed by atoms with Crippen LogP contribution in [0.3, 0.4) is 0 Å². The number of amides is 1. The summed E-state index contributed by atoms with van der Waals surface area (Å²) in [4.78, 5) is 26.2. The molecule has 2 rings (SSSR count). The van der Waals surface area contributed by atoms with Gasteiger partial charge in [-0.1, -0.05) is 5.21 Å². The van der Waals surface area contributed by atoms with Gasteiger partial charge >= 0.3 is 5.97 Å². The summed E-state index contributed by atoms with van der Waals surface area (Å²) in [6.45, 7) is 0.123. The van der Waals surface area contributed by atoms with Gasteiger partial charge in [0, 0.05) is 24.5 Å². The Hall–Kier alpha value is -2.29. The molecule has 2 aromatic heterocycles. The van der Waals surface area contributed by atoms with Crippen LogP contribution in [0.25, 0.3) is 0 Å². The summed E-state index contributed by atoms with van der Waals surface area (Å²) in [5.41, 5.74) is 0.0976. The molecule has 100 valence electrons. The van der Waals surface area contributed by atoms with Crippen molar-refractivity contribution < 1.29 is 14.7 Å². The second-order valence-electron chi connectivity index (χ2n) is 3.63. The van der Waals surface area contributed by atoms with Crippen LogP contribution in [0, 0.1) is 0 Å². The van der Waals surface area contributed by atoms with Crippen molar-refractivity contribution in [3.05, 3.63) is 28.5 Å². The smallest absolute Gasteiger partial charge is 0.325 e. The molecular formula is C10H11N5O3S. The molecule has 1 amide bonds. The molecule has 0 aliphatic carbocycles. The predicted molar refractivity (Wildman–Crippen MR) is 65.8 cm³/mol. The van der Waals surface area contributed by atoms with E-state index < -0.39 is 5.97 Å². The molecule has 2 N–H and O–H groups in total. The van der Waals surface area contributed by atoms with E-state index in [0.717, 1.165) is 9.69 Å². The Bertz CT molecular complexity index is 565. The number of carbonyl (C=O) groups is 2. The number of aromatic nitrogens is 4. The summed E-state index contributed by atoms with van der Waals surface area (Å²) in [5, 5.41) is 21.2. The van der Waals surface area contributed by atoms with E-state index in [1.807, 2.05) is 5.38 Å². The molecule has 0 aromatic carbocycles. The highest BCUT2D eigenvalue weighted by molar-refractivity contribution is 7.09. The zero-order chi connectivity index (χ0) is 13.7. The molecule has 0 atom stereocenters. The molecule has 8 nitrogen and oxygen atoms in total. The van der Waals surface area contributed by atoms with E-state index in [-0.39, 0.29) is 18.1 Å². The lowest BCUT2D eigenvalue weighted by molar-refractivity contribution is -0.137. The van der Waals surface area contributed by atoms with Crippen LogP contribution < -0.4 is 5.32 Å². The Morgan fingerprint density at radius 1 is 1.47 bits per heavy atom.